The first-order valence-corrected chi connectivity index (χ1v) is 16.7. The van der Waals surface area contributed by atoms with Crippen LogP contribution >= 0.6 is 23.4 Å². The number of hydrogen-bond donors (Lipinski definition) is 1. The van der Waals surface area contributed by atoms with Crippen LogP contribution < -0.4 is 15.1 Å². The van der Waals surface area contributed by atoms with Crippen LogP contribution in [0.5, 0.6) is 0 Å². The van der Waals surface area contributed by atoms with Crippen molar-refractivity contribution in [1.29, 1.82) is 0 Å². The number of amides is 2. The summed E-state index contributed by atoms with van der Waals surface area (Å²) >= 11 is 7.62. The first-order chi connectivity index (χ1) is 22.4. The highest BCUT2D eigenvalue weighted by Crippen LogP contribution is 2.42. The molecule has 0 aromatic heterocycles. The van der Waals surface area contributed by atoms with Gasteiger partial charge in [0.25, 0.3) is 11.8 Å². The van der Waals surface area contributed by atoms with Crippen LogP contribution in [0.3, 0.4) is 0 Å². The fraction of sp³-hybridized carbons (Fsp3) is 0.243. The van der Waals surface area contributed by atoms with Crippen LogP contribution in [0.15, 0.2) is 101 Å². The number of thioether (sulfide) groups is 1. The van der Waals surface area contributed by atoms with Crippen molar-refractivity contribution in [2.75, 3.05) is 49.1 Å². The predicted octanol–water partition coefficient (Wildman–Crippen LogP) is 7.41. The highest BCUT2D eigenvalue weighted by molar-refractivity contribution is 8.04. The quantitative estimate of drug-likeness (QED) is 0.151. The smallest absolute Gasteiger partial charge is 0.265 e. The summed E-state index contributed by atoms with van der Waals surface area (Å²) in [5.41, 5.74) is 5.04. The summed E-state index contributed by atoms with van der Waals surface area (Å²) in [5.74, 6) is -0.642. The molecule has 2 aliphatic rings. The van der Waals surface area contributed by atoms with Crippen molar-refractivity contribution in [1.82, 2.24) is 10.2 Å². The largest absolute Gasteiger partial charge is 0.369 e. The second kappa shape index (κ2) is 14.5. The zero-order chi connectivity index (χ0) is 32.0. The first kappa shape index (κ1) is 31.9. The van der Waals surface area contributed by atoms with Gasteiger partial charge in [0.05, 0.1) is 17.1 Å². The van der Waals surface area contributed by atoms with Crippen molar-refractivity contribution in [2.45, 2.75) is 24.8 Å². The van der Waals surface area contributed by atoms with Crippen LogP contribution in [0.25, 0.3) is 6.08 Å². The molecule has 2 amide bonds. The molecule has 6 rings (SSSR count). The molecular weight excluding hydrogens is 619 g/mol. The fourth-order valence-corrected chi connectivity index (χ4v) is 7.07. The Hall–Kier alpha value is -4.11. The van der Waals surface area contributed by atoms with E-state index in [0.717, 1.165) is 60.3 Å². The van der Waals surface area contributed by atoms with Crippen molar-refractivity contribution in [2.24, 2.45) is 0 Å². The van der Waals surface area contributed by atoms with Crippen LogP contribution in [-0.2, 0) is 11.3 Å². The van der Waals surface area contributed by atoms with Crippen LogP contribution in [0.1, 0.15) is 33.5 Å². The molecule has 0 atom stereocenters. The van der Waals surface area contributed by atoms with Gasteiger partial charge in [-0.3, -0.25) is 14.5 Å². The topological polar surface area (TPSA) is 55.9 Å². The molecule has 236 valence electrons. The van der Waals surface area contributed by atoms with Crippen molar-refractivity contribution in [3.8, 4) is 0 Å². The molecule has 0 radical (unpaired) electrons. The number of hydrogen-bond acceptors (Lipinski definition) is 5. The summed E-state index contributed by atoms with van der Waals surface area (Å²) in [6.07, 6.45) is 2.70. The minimum atomic E-state index is -0.340. The molecule has 2 heterocycles. The Kier molecular flexibility index (Phi) is 10.1. The Bertz CT molecular complexity index is 1750. The molecule has 0 spiro atoms. The molecule has 6 nitrogen and oxygen atoms in total. The van der Waals surface area contributed by atoms with Gasteiger partial charge in [0, 0.05) is 59.5 Å². The molecule has 4 aromatic carbocycles. The van der Waals surface area contributed by atoms with Crippen molar-refractivity contribution >= 4 is 52.6 Å². The van der Waals surface area contributed by atoms with Gasteiger partial charge in [-0.25, -0.2) is 4.39 Å². The zero-order valence-electron chi connectivity index (χ0n) is 25.7. The number of aryl methyl sites for hydroxylation is 1. The molecule has 2 aliphatic heterocycles. The molecule has 1 N–H and O–H groups in total. The van der Waals surface area contributed by atoms with Crippen molar-refractivity contribution in [3.63, 3.8) is 0 Å². The zero-order valence-corrected chi connectivity index (χ0v) is 27.3. The van der Waals surface area contributed by atoms with Gasteiger partial charge >= 0.3 is 0 Å². The van der Waals surface area contributed by atoms with E-state index >= 15 is 0 Å². The molecule has 0 bridgehead atoms. The third kappa shape index (κ3) is 7.47. The third-order valence-electron chi connectivity index (χ3n) is 8.41. The minimum absolute atomic E-state index is 0.117. The Morgan fingerprint density at radius 2 is 1.67 bits per heavy atom. The number of nitrogens with one attached hydrogen (secondary N) is 1. The molecule has 0 aliphatic carbocycles. The Morgan fingerprint density at radius 1 is 0.935 bits per heavy atom. The lowest BCUT2D eigenvalue weighted by Gasteiger charge is -2.37. The maximum atomic E-state index is 14.5. The second-order valence-electron chi connectivity index (χ2n) is 11.6. The van der Waals surface area contributed by atoms with Gasteiger partial charge in [0.15, 0.2) is 0 Å². The second-order valence-corrected chi connectivity index (χ2v) is 13.1. The monoisotopic (exact) mass is 654 g/mol. The number of fused-ring (bicyclic) bond motifs is 1. The Labute approximate surface area is 278 Å². The molecule has 4 aromatic rings. The molecular formula is C37H36ClFN4O2S. The summed E-state index contributed by atoms with van der Waals surface area (Å²) < 4.78 is 14.5. The minimum Gasteiger partial charge on any atom is -0.369 e. The average molecular weight is 655 g/mol. The lowest BCUT2D eigenvalue weighted by Crippen LogP contribution is -2.47. The van der Waals surface area contributed by atoms with E-state index in [1.807, 2.05) is 54.6 Å². The summed E-state index contributed by atoms with van der Waals surface area (Å²) in [6, 6.07) is 27.5. The van der Waals surface area contributed by atoms with Gasteiger partial charge in [0.1, 0.15) is 5.82 Å². The molecule has 0 saturated carbocycles. The number of piperazine rings is 1. The van der Waals surface area contributed by atoms with Gasteiger partial charge in [-0.1, -0.05) is 71.9 Å². The van der Waals surface area contributed by atoms with Gasteiger partial charge in [-0.05, 0) is 79.6 Å². The SMILES string of the molecule is Cc1ccc(Cl)cc1N1CCN(CCCNC(=O)c2ccc(/C=C3/Sc4ccccc4N(Cc4ccccc4F)C3=O)cc2)CC1. The van der Waals surface area contributed by atoms with Crippen LogP contribution in [-0.4, -0.2) is 56.0 Å². The van der Waals surface area contributed by atoms with Crippen LogP contribution in [0, 0.1) is 12.7 Å². The number of halogens is 2. The number of carbonyl (C=O) groups excluding carboxylic acids is 2. The number of para-hydroxylation sites is 1. The summed E-state index contributed by atoms with van der Waals surface area (Å²) in [7, 11) is 0. The summed E-state index contributed by atoms with van der Waals surface area (Å²) in [5, 5.41) is 3.80. The number of rotatable bonds is 9. The lowest BCUT2D eigenvalue weighted by molar-refractivity contribution is -0.114. The molecule has 9 heteroatoms. The maximum absolute atomic E-state index is 14.5. The number of carbonyl (C=O) groups is 2. The first-order valence-electron chi connectivity index (χ1n) is 15.5. The van der Waals surface area contributed by atoms with Gasteiger partial charge in [-0.2, -0.15) is 0 Å². The normalized spacial score (nSPS) is 16.1. The van der Waals surface area contributed by atoms with E-state index in [4.69, 9.17) is 11.6 Å². The van der Waals surface area contributed by atoms with Gasteiger partial charge in [0.2, 0.25) is 0 Å². The van der Waals surface area contributed by atoms with Gasteiger partial charge < -0.3 is 15.1 Å². The highest BCUT2D eigenvalue weighted by atomic mass is 35.5. The molecule has 46 heavy (non-hydrogen) atoms. The van der Waals surface area contributed by atoms with Crippen molar-refractivity contribution in [3.05, 3.63) is 129 Å². The Balaban J connectivity index is 1.01. The van der Waals surface area contributed by atoms with E-state index in [-0.39, 0.29) is 24.2 Å². The van der Waals surface area contributed by atoms with Gasteiger partial charge in [-0.15, -0.1) is 0 Å². The number of anilines is 2. The molecule has 1 saturated heterocycles. The maximum Gasteiger partial charge on any atom is 0.265 e. The third-order valence-corrected chi connectivity index (χ3v) is 9.72. The van der Waals surface area contributed by atoms with E-state index in [2.05, 4.69) is 28.1 Å². The summed E-state index contributed by atoms with van der Waals surface area (Å²) in [4.78, 5) is 34.3. The lowest BCUT2D eigenvalue weighted by atomic mass is 10.1. The van der Waals surface area contributed by atoms with Crippen molar-refractivity contribution < 1.29 is 14.0 Å². The van der Waals surface area contributed by atoms with Crippen LogP contribution in [0.4, 0.5) is 15.8 Å². The predicted molar refractivity (Wildman–Crippen MR) is 186 cm³/mol. The van der Waals surface area contributed by atoms with E-state index in [0.29, 0.717) is 22.6 Å². The van der Waals surface area contributed by atoms with Crippen LogP contribution in [0.2, 0.25) is 5.02 Å². The number of benzene rings is 4. The fourth-order valence-electron chi connectivity index (χ4n) is 5.84. The highest BCUT2D eigenvalue weighted by Gasteiger charge is 2.29. The standard InChI is InChI=1S/C37H36ClFN4O2S/c1-26-11-16-30(38)24-33(26)42-21-19-41(20-22-42)18-6-17-40-36(44)28-14-12-27(13-15-28)23-35-37(45)43(25-29-7-2-3-8-31(29)39)32-9-4-5-10-34(32)46-35/h2-5,7-16,23-24H,6,17-22,25H2,1H3,(H,40,44)/b35-23+. The van der Waals surface area contributed by atoms with E-state index in [9.17, 15) is 14.0 Å². The molecule has 0 unspecified atom stereocenters. The molecule has 1 fully saturated rings. The van der Waals surface area contributed by atoms with E-state index < -0.39 is 0 Å². The number of nitrogens with zero attached hydrogens (tertiary/aromatic N) is 3. The Morgan fingerprint density at radius 3 is 2.46 bits per heavy atom. The van der Waals surface area contributed by atoms with E-state index in [1.165, 1.54) is 29.1 Å². The average Bonchev–Trinajstić information content (AvgIpc) is 3.07. The van der Waals surface area contributed by atoms with E-state index in [1.54, 1.807) is 35.2 Å². The summed E-state index contributed by atoms with van der Waals surface area (Å²) in [6.45, 7) is 7.64.